The van der Waals surface area contributed by atoms with Gasteiger partial charge < -0.3 is 20.4 Å². The Balaban J connectivity index is 1.48. The van der Waals surface area contributed by atoms with Crippen LogP contribution in [0.1, 0.15) is 46.0 Å². The van der Waals surface area contributed by atoms with Gasteiger partial charge in [-0.15, -0.1) is 0 Å². The molecule has 3 rings (SSSR count). The van der Waals surface area contributed by atoms with E-state index in [0.717, 1.165) is 58.3 Å². The standard InChI is InChI=1S/C18H32N4O2/c1-13(2)10-21-8-7-14(11-21)9-19-18(24)22-12-17(23)20-15-5-3-4-6-16(15)22/h13-16H,3-12H2,1-2H3,(H,19,24)(H,20,23). The zero-order valence-corrected chi connectivity index (χ0v) is 15.1. The highest BCUT2D eigenvalue weighted by atomic mass is 16.2. The number of carbonyl (C=O) groups is 2. The van der Waals surface area contributed by atoms with E-state index < -0.39 is 0 Å². The van der Waals surface area contributed by atoms with Crippen LogP contribution in [0.15, 0.2) is 0 Å². The van der Waals surface area contributed by atoms with Crippen molar-refractivity contribution < 1.29 is 9.59 Å². The Morgan fingerprint density at radius 2 is 2.08 bits per heavy atom. The highest BCUT2D eigenvalue weighted by molar-refractivity contribution is 5.86. The van der Waals surface area contributed by atoms with E-state index in [-0.39, 0.29) is 30.6 Å². The number of nitrogens with zero attached hydrogens (tertiary/aromatic N) is 2. The minimum absolute atomic E-state index is 0.0164. The van der Waals surface area contributed by atoms with Crippen molar-refractivity contribution in [2.45, 2.75) is 58.0 Å². The molecular formula is C18H32N4O2. The molecule has 6 nitrogen and oxygen atoms in total. The Morgan fingerprint density at radius 1 is 1.29 bits per heavy atom. The summed E-state index contributed by atoms with van der Waals surface area (Å²) in [5, 5.41) is 6.16. The molecule has 0 spiro atoms. The molecule has 0 aromatic heterocycles. The first-order valence-corrected chi connectivity index (χ1v) is 9.59. The lowest BCUT2D eigenvalue weighted by molar-refractivity contribution is -0.126. The average Bonchev–Trinajstić information content (AvgIpc) is 2.98. The third-order valence-electron chi connectivity index (χ3n) is 5.59. The molecule has 1 aliphatic carbocycles. The molecule has 0 radical (unpaired) electrons. The van der Waals surface area contributed by atoms with E-state index in [1.165, 1.54) is 0 Å². The summed E-state index contributed by atoms with van der Waals surface area (Å²) in [7, 11) is 0. The number of carbonyl (C=O) groups excluding carboxylic acids is 2. The molecule has 0 aromatic rings. The topological polar surface area (TPSA) is 64.7 Å². The summed E-state index contributed by atoms with van der Waals surface area (Å²) in [5.41, 5.74) is 0. The van der Waals surface area contributed by atoms with Gasteiger partial charge in [0.05, 0.1) is 6.04 Å². The zero-order valence-electron chi connectivity index (χ0n) is 15.1. The highest BCUT2D eigenvalue weighted by Gasteiger charge is 2.39. The maximum atomic E-state index is 12.6. The Morgan fingerprint density at radius 3 is 2.88 bits per heavy atom. The second-order valence-electron chi connectivity index (χ2n) is 8.15. The molecule has 3 fully saturated rings. The summed E-state index contributed by atoms with van der Waals surface area (Å²) in [5.74, 6) is 1.21. The largest absolute Gasteiger partial charge is 0.350 e. The lowest BCUT2D eigenvalue weighted by atomic mass is 9.87. The molecular weight excluding hydrogens is 304 g/mol. The zero-order chi connectivity index (χ0) is 17.1. The van der Waals surface area contributed by atoms with E-state index >= 15 is 0 Å². The highest BCUT2D eigenvalue weighted by Crippen LogP contribution is 2.26. The van der Waals surface area contributed by atoms with E-state index in [0.29, 0.717) is 11.8 Å². The summed E-state index contributed by atoms with van der Waals surface area (Å²) in [6, 6.07) is 0.278. The van der Waals surface area contributed by atoms with Crippen molar-refractivity contribution in [1.29, 1.82) is 0 Å². The van der Waals surface area contributed by atoms with Gasteiger partial charge in [0.1, 0.15) is 6.54 Å². The van der Waals surface area contributed by atoms with Gasteiger partial charge in [0.15, 0.2) is 0 Å². The van der Waals surface area contributed by atoms with Crippen LogP contribution < -0.4 is 10.6 Å². The molecule has 3 aliphatic rings. The van der Waals surface area contributed by atoms with Crippen molar-refractivity contribution >= 4 is 11.9 Å². The summed E-state index contributed by atoms with van der Waals surface area (Å²) in [6.07, 6.45) is 5.44. The maximum Gasteiger partial charge on any atom is 0.318 e. The van der Waals surface area contributed by atoms with Crippen LogP contribution in [0.2, 0.25) is 0 Å². The fraction of sp³-hybridized carbons (Fsp3) is 0.889. The third-order valence-corrected chi connectivity index (χ3v) is 5.59. The van der Waals surface area contributed by atoms with Crippen LogP contribution in [0.5, 0.6) is 0 Å². The molecule has 0 aromatic carbocycles. The molecule has 2 saturated heterocycles. The number of nitrogens with one attached hydrogen (secondary N) is 2. The van der Waals surface area contributed by atoms with Crippen LogP contribution in [-0.2, 0) is 4.79 Å². The first-order valence-electron chi connectivity index (χ1n) is 9.59. The summed E-state index contributed by atoms with van der Waals surface area (Å²) in [4.78, 5) is 28.8. The van der Waals surface area contributed by atoms with Gasteiger partial charge in [-0.2, -0.15) is 0 Å². The van der Waals surface area contributed by atoms with Crippen molar-refractivity contribution in [3.63, 3.8) is 0 Å². The number of hydrogen-bond acceptors (Lipinski definition) is 3. The lowest BCUT2D eigenvalue weighted by Crippen LogP contribution is -2.64. The molecule has 2 aliphatic heterocycles. The maximum absolute atomic E-state index is 12.6. The quantitative estimate of drug-likeness (QED) is 0.816. The molecule has 2 heterocycles. The number of rotatable bonds is 4. The molecule has 2 N–H and O–H groups in total. The molecule has 3 unspecified atom stereocenters. The second-order valence-corrected chi connectivity index (χ2v) is 8.15. The summed E-state index contributed by atoms with van der Waals surface area (Å²) < 4.78 is 0. The van der Waals surface area contributed by atoms with E-state index in [9.17, 15) is 9.59 Å². The van der Waals surface area contributed by atoms with Crippen molar-refractivity contribution in [3.05, 3.63) is 0 Å². The monoisotopic (exact) mass is 336 g/mol. The number of likely N-dealkylation sites (tertiary alicyclic amines) is 1. The number of piperazine rings is 1. The Hall–Kier alpha value is -1.30. The van der Waals surface area contributed by atoms with Crippen molar-refractivity contribution in [3.8, 4) is 0 Å². The normalized spacial score (nSPS) is 31.0. The van der Waals surface area contributed by atoms with Crippen molar-refractivity contribution in [1.82, 2.24) is 20.4 Å². The molecule has 24 heavy (non-hydrogen) atoms. The average molecular weight is 336 g/mol. The van der Waals surface area contributed by atoms with E-state index in [1.54, 1.807) is 4.90 Å². The fourth-order valence-electron chi connectivity index (χ4n) is 4.49. The van der Waals surface area contributed by atoms with Gasteiger partial charge in [-0.25, -0.2) is 4.79 Å². The SMILES string of the molecule is CC(C)CN1CCC(CNC(=O)N2CC(=O)NC3CCCCC32)C1. The van der Waals surface area contributed by atoms with Gasteiger partial charge in [-0.3, -0.25) is 4.79 Å². The minimum Gasteiger partial charge on any atom is -0.350 e. The van der Waals surface area contributed by atoms with Crippen LogP contribution in [0.25, 0.3) is 0 Å². The third kappa shape index (κ3) is 4.21. The van der Waals surface area contributed by atoms with E-state index in [1.807, 2.05) is 0 Å². The molecule has 0 bridgehead atoms. The van der Waals surface area contributed by atoms with Crippen LogP contribution in [0.3, 0.4) is 0 Å². The van der Waals surface area contributed by atoms with E-state index in [2.05, 4.69) is 29.4 Å². The van der Waals surface area contributed by atoms with Crippen LogP contribution in [0.4, 0.5) is 4.79 Å². The number of hydrogen-bond donors (Lipinski definition) is 2. The van der Waals surface area contributed by atoms with Gasteiger partial charge in [0.2, 0.25) is 5.91 Å². The smallest absolute Gasteiger partial charge is 0.318 e. The molecule has 3 atom stereocenters. The number of amides is 3. The fourth-order valence-corrected chi connectivity index (χ4v) is 4.49. The van der Waals surface area contributed by atoms with Gasteiger partial charge in [-0.05, 0) is 37.6 Å². The minimum atomic E-state index is -0.0518. The Bertz CT molecular complexity index is 468. The van der Waals surface area contributed by atoms with Crippen LogP contribution in [-0.4, -0.2) is 66.5 Å². The van der Waals surface area contributed by atoms with Gasteiger partial charge in [0, 0.05) is 25.7 Å². The first kappa shape index (κ1) is 17.5. The van der Waals surface area contributed by atoms with Crippen molar-refractivity contribution in [2.24, 2.45) is 11.8 Å². The molecule has 1 saturated carbocycles. The van der Waals surface area contributed by atoms with E-state index in [4.69, 9.17) is 0 Å². The second kappa shape index (κ2) is 7.72. The van der Waals surface area contributed by atoms with Gasteiger partial charge in [-0.1, -0.05) is 26.7 Å². The number of fused-ring (bicyclic) bond motifs is 1. The van der Waals surface area contributed by atoms with Crippen LogP contribution >= 0.6 is 0 Å². The first-order chi connectivity index (χ1) is 11.5. The van der Waals surface area contributed by atoms with Crippen LogP contribution in [0, 0.1) is 11.8 Å². The predicted octanol–water partition coefficient (Wildman–Crippen LogP) is 1.42. The molecule has 6 heteroatoms. The summed E-state index contributed by atoms with van der Waals surface area (Å²) in [6.45, 7) is 8.77. The Labute approximate surface area is 145 Å². The molecule has 136 valence electrons. The molecule has 3 amide bonds. The summed E-state index contributed by atoms with van der Waals surface area (Å²) >= 11 is 0. The lowest BCUT2D eigenvalue weighted by Gasteiger charge is -2.43. The van der Waals surface area contributed by atoms with Gasteiger partial charge >= 0.3 is 6.03 Å². The number of urea groups is 1. The van der Waals surface area contributed by atoms with Crippen molar-refractivity contribution in [2.75, 3.05) is 32.7 Å². The predicted molar refractivity (Wildman–Crippen MR) is 93.7 cm³/mol. The Kier molecular flexibility index (Phi) is 5.64. The van der Waals surface area contributed by atoms with Gasteiger partial charge in [0.25, 0.3) is 0 Å².